The minimum absolute atomic E-state index is 0.309. The molecule has 0 aromatic rings. The Hall–Kier alpha value is -0.160. The zero-order chi connectivity index (χ0) is 8.81. The predicted octanol–water partition coefficient (Wildman–Crippen LogP) is -0.364. The van der Waals surface area contributed by atoms with Crippen molar-refractivity contribution in [1.29, 1.82) is 0 Å². The van der Waals surface area contributed by atoms with Gasteiger partial charge in [-0.05, 0) is 0 Å². The maximum Gasteiger partial charge on any atom is 0.0643 e. The molecular weight excluding hydrogens is 158 g/mol. The first-order chi connectivity index (χ1) is 5.86. The van der Waals surface area contributed by atoms with E-state index in [2.05, 4.69) is 5.32 Å². The minimum Gasteiger partial charge on any atom is -0.383 e. The lowest BCUT2D eigenvalue weighted by molar-refractivity contribution is -0.00219. The van der Waals surface area contributed by atoms with E-state index < -0.39 is 0 Å². The van der Waals surface area contributed by atoms with E-state index in [0.717, 1.165) is 13.2 Å². The lowest BCUT2D eigenvalue weighted by Gasteiger charge is -2.30. The molecule has 0 aromatic carbocycles. The fourth-order valence-electron chi connectivity index (χ4n) is 1.38. The second kappa shape index (κ2) is 5.48. The number of hydrogen-bond donors (Lipinski definition) is 1. The zero-order valence-electron chi connectivity index (χ0n) is 7.71. The largest absolute Gasteiger partial charge is 0.383 e. The van der Waals surface area contributed by atoms with Crippen LogP contribution in [0.5, 0.6) is 0 Å². The van der Waals surface area contributed by atoms with Crippen molar-refractivity contribution in [3.8, 4) is 0 Å². The number of nitrogens with one attached hydrogen (secondary N) is 1. The van der Waals surface area contributed by atoms with Crippen LogP contribution in [0.1, 0.15) is 0 Å². The van der Waals surface area contributed by atoms with E-state index in [1.165, 1.54) is 0 Å². The molecule has 1 heterocycles. The molecule has 4 heteroatoms. The predicted molar refractivity (Wildman–Crippen MR) is 45.3 cm³/mol. The monoisotopic (exact) mass is 175 g/mol. The van der Waals surface area contributed by atoms with Crippen molar-refractivity contribution in [2.24, 2.45) is 0 Å². The molecule has 0 radical (unpaired) electrons. The van der Waals surface area contributed by atoms with Gasteiger partial charge >= 0.3 is 0 Å². The van der Waals surface area contributed by atoms with E-state index in [1.54, 1.807) is 14.2 Å². The average molecular weight is 175 g/mol. The molecule has 72 valence electrons. The first-order valence-electron chi connectivity index (χ1n) is 4.18. The van der Waals surface area contributed by atoms with Gasteiger partial charge in [-0.15, -0.1) is 0 Å². The van der Waals surface area contributed by atoms with Crippen LogP contribution in [-0.2, 0) is 14.2 Å². The second-order valence-corrected chi connectivity index (χ2v) is 3.01. The molecule has 0 unspecified atom stereocenters. The van der Waals surface area contributed by atoms with Crippen LogP contribution in [0, 0.1) is 0 Å². The molecule has 0 amide bonds. The number of morpholine rings is 1. The van der Waals surface area contributed by atoms with Crippen molar-refractivity contribution in [2.45, 2.75) is 12.1 Å². The van der Waals surface area contributed by atoms with Crippen LogP contribution in [0.2, 0.25) is 0 Å². The molecule has 12 heavy (non-hydrogen) atoms. The van der Waals surface area contributed by atoms with E-state index in [9.17, 15) is 0 Å². The molecular formula is C8H17NO3. The number of rotatable bonds is 4. The summed E-state index contributed by atoms with van der Waals surface area (Å²) in [6.45, 7) is 2.85. The molecule has 0 aliphatic carbocycles. The van der Waals surface area contributed by atoms with Gasteiger partial charge in [-0.2, -0.15) is 0 Å². The summed E-state index contributed by atoms with van der Waals surface area (Å²) in [6.07, 6.45) is 0. The molecule has 2 atom stereocenters. The summed E-state index contributed by atoms with van der Waals surface area (Å²) in [5, 5.41) is 3.38. The van der Waals surface area contributed by atoms with E-state index in [0.29, 0.717) is 25.3 Å². The highest BCUT2D eigenvalue weighted by Gasteiger charge is 2.20. The maximum absolute atomic E-state index is 5.38. The van der Waals surface area contributed by atoms with Crippen LogP contribution in [0.4, 0.5) is 0 Å². The summed E-state index contributed by atoms with van der Waals surface area (Å²) in [5.41, 5.74) is 0. The smallest absolute Gasteiger partial charge is 0.0643 e. The third-order valence-electron chi connectivity index (χ3n) is 1.85. The highest BCUT2D eigenvalue weighted by molar-refractivity contribution is 4.77. The normalized spacial score (nSPS) is 30.5. The quantitative estimate of drug-likeness (QED) is 0.633. The molecule has 0 bridgehead atoms. The van der Waals surface area contributed by atoms with E-state index >= 15 is 0 Å². The maximum atomic E-state index is 5.38. The van der Waals surface area contributed by atoms with Crippen molar-refractivity contribution in [3.63, 3.8) is 0 Å². The Balaban J connectivity index is 2.20. The van der Waals surface area contributed by atoms with Gasteiger partial charge < -0.3 is 19.5 Å². The number of ether oxygens (including phenoxy) is 3. The molecule has 1 aliphatic heterocycles. The topological polar surface area (TPSA) is 39.7 Å². The van der Waals surface area contributed by atoms with Crippen LogP contribution >= 0.6 is 0 Å². The lowest BCUT2D eigenvalue weighted by Crippen LogP contribution is -2.52. The third-order valence-corrected chi connectivity index (χ3v) is 1.85. The second-order valence-electron chi connectivity index (χ2n) is 3.01. The first-order valence-corrected chi connectivity index (χ1v) is 4.18. The first kappa shape index (κ1) is 9.92. The summed E-state index contributed by atoms with van der Waals surface area (Å²) in [4.78, 5) is 0. The van der Waals surface area contributed by atoms with E-state index in [4.69, 9.17) is 14.2 Å². The summed E-state index contributed by atoms with van der Waals surface area (Å²) in [5.74, 6) is 0. The molecule has 1 saturated heterocycles. The molecule has 0 spiro atoms. The summed E-state index contributed by atoms with van der Waals surface area (Å²) >= 11 is 0. The van der Waals surface area contributed by atoms with Gasteiger partial charge in [0.25, 0.3) is 0 Å². The number of methoxy groups -OCH3 is 2. The van der Waals surface area contributed by atoms with Gasteiger partial charge in [-0.1, -0.05) is 0 Å². The molecule has 1 aliphatic rings. The Morgan fingerprint density at radius 2 is 1.67 bits per heavy atom. The standard InChI is InChI=1S/C8H17NO3/c1-10-3-7-5-12-6-8(9-7)4-11-2/h7-9H,3-6H2,1-2H3/t7-,8+. The molecule has 1 N–H and O–H groups in total. The van der Waals surface area contributed by atoms with Crippen LogP contribution in [0.3, 0.4) is 0 Å². The molecule has 4 nitrogen and oxygen atoms in total. The van der Waals surface area contributed by atoms with E-state index in [1.807, 2.05) is 0 Å². The summed E-state index contributed by atoms with van der Waals surface area (Å²) in [6, 6.07) is 0.618. The van der Waals surface area contributed by atoms with Crippen LogP contribution in [0.25, 0.3) is 0 Å². The Kier molecular flexibility index (Phi) is 4.53. The SMILES string of the molecule is COC[C@@H]1COC[C@H](COC)N1. The van der Waals surface area contributed by atoms with Crippen LogP contribution < -0.4 is 5.32 Å². The Morgan fingerprint density at radius 1 is 1.17 bits per heavy atom. The highest BCUT2D eigenvalue weighted by Crippen LogP contribution is 2.00. The Bertz CT molecular complexity index is 105. The van der Waals surface area contributed by atoms with Gasteiger partial charge in [0.05, 0.1) is 38.5 Å². The van der Waals surface area contributed by atoms with Crippen molar-refractivity contribution < 1.29 is 14.2 Å². The average Bonchev–Trinajstić information content (AvgIpc) is 2.06. The van der Waals surface area contributed by atoms with Gasteiger partial charge in [0.15, 0.2) is 0 Å². The number of hydrogen-bond acceptors (Lipinski definition) is 4. The van der Waals surface area contributed by atoms with Gasteiger partial charge in [-0.3, -0.25) is 0 Å². The minimum atomic E-state index is 0.309. The molecule has 1 rings (SSSR count). The lowest BCUT2D eigenvalue weighted by atomic mass is 10.2. The summed E-state index contributed by atoms with van der Waals surface area (Å²) < 4.78 is 15.4. The van der Waals surface area contributed by atoms with Crippen LogP contribution in [0.15, 0.2) is 0 Å². The van der Waals surface area contributed by atoms with E-state index in [-0.39, 0.29) is 0 Å². The molecule has 1 fully saturated rings. The zero-order valence-corrected chi connectivity index (χ0v) is 7.71. The van der Waals surface area contributed by atoms with Crippen molar-refractivity contribution >= 4 is 0 Å². The van der Waals surface area contributed by atoms with Crippen molar-refractivity contribution in [3.05, 3.63) is 0 Å². The van der Waals surface area contributed by atoms with Gasteiger partial charge in [-0.25, -0.2) is 0 Å². The van der Waals surface area contributed by atoms with Gasteiger partial charge in [0.1, 0.15) is 0 Å². The van der Waals surface area contributed by atoms with Gasteiger partial charge in [0, 0.05) is 14.2 Å². The fraction of sp³-hybridized carbons (Fsp3) is 1.00. The van der Waals surface area contributed by atoms with Crippen molar-refractivity contribution in [1.82, 2.24) is 5.32 Å². The Labute approximate surface area is 73.2 Å². The summed E-state index contributed by atoms with van der Waals surface area (Å²) in [7, 11) is 3.39. The third kappa shape index (κ3) is 3.06. The molecule has 0 aromatic heterocycles. The van der Waals surface area contributed by atoms with Gasteiger partial charge in [0.2, 0.25) is 0 Å². The van der Waals surface area contributed by atoms with Crippen LogP contribution in [-0.4, -0.2) is 52.7 Å². The highest BCUT2D eigenvalue weighted by atomic mass is 16.5. The van der Waals surface area contributed by atoms with Crippen molar-refractivity contribution in [2.75, 3.05) is 40.6 Å². The molecule has 0 saturated carbocycles. The fourth-order valence-corrected chi connectivity index (χ4v) is 1.38. The Morgan fingerprint density at radius 3 is 2.08 bits per heavy atom.